The fourth-order valence-electron chi connectivity index (χ4n) is 2.06. The number of carboxylic acids is 1. The lowest BCUT2D eigenvalue weighted by Gasteiger charge is -2.27. The summed E-state index contributed by atoms with van der Waals surface area (Å²) >= 11 is 5.62. The quantitative estimate of drug-likeness (QED) is 0.897. The van der Waals surface area contributed by atoms with Gasteiger partial charge in [-0.2, -0.15) is 28.1 Å². The van der Waals surface area contributed by atoms with Crippen LogP contribution in [0.4, 0.5) is 19.1 Å². The van der Waals surface area contributed by atoms with Gasteiger partial charge in [-0.3, -0.25) is 4.79 Å². The van der Waals surface area contributed by atoms with Crippen LogP contribution in [0.2, 0.25) is 5.28 Å². The molecule has 0 saturated carbocycles. The molecule has 0 spiro atoms. The monoisotopic (exact) mass is 326 g/mol. The van der Waals surface area contributed by atoms with E-state index in [9.17, 15) is 18.0 Å². The zero-order valence-electron chi connectivity index (χ0n) is 10.7. The molecule has 1 aliphatic rings. The molecule has 0 aliphatic carbocycles. The minimum Gasteiger partial charge on any atom is -0.481 e. The molecule has 2 heterocycles. The molecule has 21 heavy (non-hydrogen) atoms. The molecular weight excluding hydrogens is 317 g/mol. The fraction of sp³-hybridized carbons (Fsp3) is 0.600. The molecular formula is C10H10ClF3N4O3. The number of halogens is 4. The zero-order chi connectivity index (χ0) is 15.8. The van der Waals surface area contributed by atoms with Gasteiger partial charge in [-0.25, -0.2) is 0 Å². The summed E-state index contributed by atoms with van der Waals surface area (Å²) in [5, 5.41) is 8.72. The number of aromatic nitrogens is 3. The third-order valence-corrected chi connectivity index (χ3v) is 3.43. The number of carbonyl (C=O) groups is 1. The van der Waals surface area contributed by atoms with Crippen LogP contribution in [0.3, 0.4) is 0 Å². The van der Waals surface area contributed by atoms with Gasteiger partial charge in [0.05, 0.1) is 7.11 Å². The first-order chi connectivity index (χ1) is 9.69. The van der Waals surface area contributed by atoms with E-state index in [0.29, 0.717) is 0 Å². The van der Waals surface area contributed by atoms with Crippen LogP contribution in [-0.4, -0.2) is 52.4 Å². The van der Waals surface area contributed by atoms with Crippen molar-refractivity contribution >= 4 is 23.5 Å². The van der Waals surface area contributed by atoms with E-state index < -0.39 is 30.5 Å². The summed E-state index contributed by atoms with van der Waals surface area (Å²) in [7, 11) is 1.26. The van der Waals surface area contributed by atoms with Crippen molar-refractivity contribution < 1.29 is 27.8 Å². The second-order valence-electron chi connectivity index (χ2n) is 4.45. The molecule has 1 fully saturated rings. The maximum Gasteiger partial charge on any atom is 0.406 e. The standard InChI is InChI=1S/C10H10ClF3N4O3/c1-21-8-16-6(11)15-7(17-8)18-3-2-9(4-18,5(19)20)10(12,13)14/h2-4H2,1H3,(H,19,20). The van der Waals surface area contributed by atoms with Crippen molar-refractivity contribution in [1.29, 1.82) is 0 Å². The van der Waals surface area contributed by atoms with Gasteiger partial charge in [0, 0.05) is 13.1 Å². The Morgan fingerprint density at radius 1 is 1.43 bits per heavy atom. The Labute approximate surface area is 121 Å². The van der Waals surface area contributed by atoms with Crippen molar-refractivity contribution in [1.82, 2.24) is 15.0 Å². The highest BCUT2D eigenvalue weighted by atomic mass is 35.5. The van der Waals surface area contributed by atoms with Crippen molar-refractivity contribution in [2.75, 3.05) is 25.1 Å². The normalized spacial score (nSPS) is 22.4. The smallest absolute Gasteiger partial charge is 0.406 e. The summed E-state index contributed by atoms with van der Waals surface area (Å²) in [6.45, 7) is -0.968. The fourth-order valence-corrected chi connectivity index (χ4v) is 2.21. The Kier molecular flexibility index (Phi) is 3.83. The molecule has 11 heteroatoms. The SMILES string of the molecule is COc1nc(Cl)nc(N2CCC(C(=O)O)(C(F)(F)F)C2)n1. The van der Waals surface area contributed by atoms with Gasteiger partial charge in [-0.15, -0.1) is 0 Å². The molecule has 7 nitrogen and oxygen atoms in total. The lowest BCUT2D eigenvalue weighted by atomic mass is 9.86. The summed E-state index contributed by atoms with van der Waals surface area (Å²) in [6, 6.07) is -0.162. The highest BCUT2D eigenvalue weighted by Crippen LogP contribution is 2.46. The van der Waals surface area contributed by atoms with Gasteiger partial charge in [-0.05, 0) is 18.0 Å². The van der Waals surface area contributed by atoms with Gasteiger partial charge in [-0.1, -0.05) is 0 Å². The highest BCUT2D eigenvalue weighted by Gasteiger charge is 2.64. The van der Waals surface area contributed by atoms with Gasteiger partial charge >= 0.3 is 18.2 Å². The number of alkyl halides is 3. The summed E-state index contributed by atoms with van der Waals surface area (Å²) in [4.78, 5) is 23.3. The van der Waals surface area contributed by atoms with Crippen molar-refractivity contribution in [2.45, 2.75) is 12.6 Å². The molecule has 1 aromatic rings. The van der Waals surface area contributed by atoms with Crippen molar-refractivity contribution in [2.24, 2.45) is 5.41 Å². The van der Waals surface area contributed by atoms with Crippen molar-refractivity contribution in [3.8, 4) is 6.01 Å². The molecule has 116 valence electrons. The van der Waals surface area contributed by atoms with Crippen LogP contribution in [0.25, 0.3) is 0 Å². The van der Waals surface area contributed by atoms with E-state index in [0.717, 1.165) is 4.90 Å². The molecule has 0 amide bonds. The number of hydrogen-bond acceptors (Lipinski definition) is 6. The molecule has 1 N–H and O–H groups in total. The van der Waals surface area contributed by atoms with E-state index in [1.807, 2.05) is 0 Å². The number of carboxylic acid groups (broad SMARTS) is 1. The molecule has 1 unspecified atom stereocenters. The molecule has 0 aromatic carbocycles. The van der Waals surface area contributed by atoms with Gasteiger partial charge < -0.3 is 14.7 Å². The van der Waals surface area contributed by atoms with E-state index in [1.165, 1.54) is 7.11 Å². The first kappa shape index (κ1) is 15.5. The second-order valence-corrected chi connectivity index (χ2v) is 4.79. The number of ether oxygens (including phenoxy) is 1. The van der Waals surface area contributed by atoms with E-state index in [-0.39, 0.29) is 23.8 Å². The summed E-state index contributed by atoms with van der Waals surface area (Å²) in [5.74, 6) is -2.08. The molecule has 1 aliphatic heterocycles. The van der Waals surface area contributed by atoms with Gasteiger partial charge in [0.25, 0.3) is 0 Å². The van der Waals surface area contributed by atoms with Gasteiger partial charge in [0.15, 0.2) is 5.41 Å². The molecule has 1 saturated heterocycles. The minimum absolute atomic E-state index is 0.153. The van der Waals surface area contributed by atoms with E-state index in [2.05, 4.69) is 15.0 Å². The molecule has 1 atom stereocenters. The molecule has 0 radical (unpaired) electrons. The summed E-state index contributed by atoms with van der Waals surface area (Å²) in [6.07, 6.45) is -5.48. The van der Waals surface area contributed by atoms with Crippen LogP contribution < -0.4 is 9.64 Å². The van der Waals surface area contributed by atoms with E-state index >= 15 is 0 Å². The predicted octanol–water partition coefficient (Wildman–Crippen LogP) is 1.38. The number of methoxy groups -OCH3 is 1. The average Bonchev–Trinajstić information content (AvgIpc) is 2.83. The van der Waals surface area contributed by atoms with Crippen LogP contribution in [0.15, 0.2) is 0 Å². The van der Waals surface area contributed by atoms with E-state index in [1.54, 1.807) is 0 Å². The first-order valence-electron chi connectivity index (χ1n) is 5.70. The summed E-state index contributed by atoms with van der Waals surface area (Å²) in [5.41, 5.74) is -2.85. The Morgan fingerprint density at radius 3 is 2.57 bits per heavy atom. The number of rotatable bonds is 3. The van der Waals surface area contributed by atoms with Gasteiger partial charge in [0.2, 0.25) is 11.2 Å². The Balaban J connectivity index is 2.34. The average molecular weight is 327 g/mol. The highest BCUT2D eigenvalue weighted by molar-refractivity contribution is 6.28. The van der Waals surface area contributed by atoms with Crippen LogP contribution >= 0.6 is 11.6 Å². The first-order valence-corrected chi connectivity index (χ1v) is 6.08. The summed E-state index contributed by atoms with van der Waals surface area (Å²) < 4.78 is 44.0. The number of aliphatic carboxylic acids is 1. The minimum atomic E-state index is -4.88. The maximum absolute atomic E-state index is 13.1. The maximum atomic E-state index is 13.1. The lowest BCUT2D eigenvalue weighted by molar-refractivity contribution is -0.225. The predicted molar refractivity (Wildman–Crippen MR) is 64.3 cm³/mol. The molecule has 0 bridgehead atoms. The van der Waals surface area contributed by atoms with Crippen LogP contribution in [0.1, 0.15) is 6.42 Å². The van der Waals surface area contributed by atoms with Crippen molar-refractivity contribution in [3.63, 3.8) is 0 Å². The largest absolute Gasteiger partial charge is 0.481 e. The number of nitrogens with zero attached hydrogens (tertiary/aromatic N) is 4. The molecule has 2 rings (SSSR count). The number of hydrogen-bond donors (Lipinski definition) is 1. The van der Waals surface area contributed by atoms with Gasteiger partial charge in [0.1, 0.15) is 0 Å². The topological polar surface area (TPSA) is 88.4 Å². The Bertz CT molecular complexity index is 571. The third kappa shape index (κ3) is 2.67. The zero-order valence-corrected chi connectivity index (χ0v) is 11.4. The van der Waals surface area contributed by atoms with Crippen molar-refractivity contribution in [3.05, 3.63) is 5.28 Å². The lowest BCUT2D eigenvalue weighted by Crippen LogP contribution is -2.47. The van der Waals surface area contributed by atoms with Crippen LogP contribution in [0, 0.1) is 5.41 Å². The number of anilines is 1. The molecule has 1 aromatic heterocycles. The third-order valence-electron chi connectivity index (χ3n) is 3.26. The van der Waals surface area contributed by atoms with E-state index in [4.69, 9.17) is 21.4 Å². The van der Waals surface area contributed by atoms with Crippen LogP contribution in [0.5, 0.6) is 6.01 Å². The Morgan fingerprint density at radius 2 is 2.10 bits per heavy atom. The second kappa shape index (κ2) is 5.17. The Hall–Kier alpha value is -1.84. The van der Waals surface area contributed by atoms with Crippen LogP contribution in [-0.2, 0) is 4.79 Å².